The predicted octanol–water partition coefficient (Wildman–Crippen LogP) is 1.26. The Balaban J connectivity index is 1.54. The van der Waals surface area contributed by atoms with Gasteiger partial charge in [-0.15, -0.1) is 0 Å². The van der Waals surface area contributed by atoms with Crippen LogP contribution in [0.5, 0.6) is 0 Å². The molecule has 120 valence electrons. The van der Waals surface area contributed by atoms with Crippen molar-refractivity contribution in [2.24, 2.45) is 0 Å². The van der Waals surface area contributed by atoms with Crippen LogP contribution < -0.4 is 0 Å². The third kappa shape index (κ3) is 3.29. The standard InChI is InChI=1S/C15H21N3O3S/c1-11-10-13(21-16-11)12-2-4-17(5-3-12)14(19)15(20)18-6-8-22-9-7-18/h10,12H,2-9H2,1H3. The molecular weight excluding hydrogens is 302 g/mol. The van der Waals surface area contributed by atoms with Crippen LogP contribution in [-0.2, 0) is 9.59 Å². The summed E-state index contributed by atoms with van der Waals surface area (Å²) in [4.78, 5) is 28.0. The maximum absolute atomic E-state index is 12.3. The summed E-state index contributed by atoms with van der Waals surface area (Å²) in [6.45, 7) is 4.49. The molecule has 2 fully saturated rings. The smallest absolute Gasteiger partial charge is 0.312 e. The van der Waals surface area contributed by atoms with E-state index in [0.29, 0.717) is 32.1 Å². The molecular formula is C15H21N3O3S. The van der Waals surface area contributed by atoms with E-state index in [1.165, 1.54) is 0 Å². The van der Waals surface area contributed by atoms with E-state index in [2.05, 4.69) is 5.16 Å². The van der Waals surface area contributed by atoms with E-state index >= 15 is 0 Å². The molecule has 2 aliphatic rings. The molecule has 0 atom stereocenters. The Labute approximate surface area is 134 Å². The van der Waals surface area contributed by atoms with Gasteiger partial charge in [0.05, 0.1) is 5.69 Å². The van der Waals surface area contributed by atoms with Gasteiger partial charge in [-0.1, -0.05) is 5.16 Å². The van der Waals surface area contributed by atoms with Gasteiger partial charge in [0, 0.05) is 49.7 Å². The molecule has 1 aromatic rings. The second kappa shape index (κ2) is 6.73. The minimum absolute atomic E-state index is 0.298. The summed E-state index contributed by atoms with van der Waals surface area (Å²) in [5, 5.41) is 3.92. The fraction of sp³-hybridized carbons (Fsp3) is 0.667. The summed E-state index contributed by atoms with van der Waals surface area (Å²) in [5.74, 6) is 2.35. The molecule has 7 heteroatoms. The van der Waals surface area contributed by atoms with Gasteiger partial charge in [0.25, 0.3) is 0 Å². The number of rotatable bonds is 1. The lowest BCUT2D eigenvalue weighted by Gasteiger charge is -2.33. The first-order chi connectivity index (χ1) is 10.6. The van der Waals surface area contributed by atoms with E-state index in [4.69, 9.17) is 4.52 Å². The molecule has 22 heavy (non-hydrogen) atoms. The minimum atomic E-state index is -0.348. The molecule has 0 aromatic carbocycles. The predicted molar refractivity (Wildman–Crippen MR) is 83.7 cm³/mol. The van der Waals surface area contributed by atoms with Crippen molar-refractivity contribution in [1.29, 1.82) is 0 Å². The molecule has 1 aromatic heterocycles. The van der Waals surface area contributed by atoms with Crippen LogP contribution in [0.25, 0.3) is 0 Å². The number of carbonyl (C=O) groups excluding carboxylic acids is 2. The van der Waals surface area contributed by atoms with Gasteiger partial charge in [0.1, 0.15) is 5.76 Å². The highest BCUT2D eigenvalue weighted by Crippen LogP contribution is 2.28. The largest absolute Gasteiger partial charge is 0.361 e. The monoisotopic (exact) mass is 323 g/mol. The normalized spacial score (nSPS) is 20.2. The Hall–Kier alpha value is -1.50. The summed E-state index contributed by atoms with van der Waals surface area (Å²) < 4.78 is 5.31. The number of nitrogens with zero attached hydrogens (tertiary/aromatic N) is 3. The molecule has 0 spiro atoms. The molecule has 2 saturated heterocycles. The molecule has 6 nitrogen and oxygen atoms in total. The van der Waals surface area contributed by atoms with E-state index in [1.54, 1.807) is 9.80 Å². The van der Waals surface area contributed by atoms with E-state index in [1.807, 2.05) is 24.8 Å². The number of thioether (sulfide) groups is 1. The molecule has 2 aliphatic heterocycles. The number of hydrogen-bond donors (Lipinski definition) is 0. The molecule has 0 unspecified atom stereocenters. The molecule has 3 rings (SSSR count). The SMILES string of the molecule is Cc1cc(C2CCN(C(=O)C(=O)N3CCSCC3)CC2)on1. The first-order valence-electron chi connectivity index (χ1n) is 7.74. The quantitative estimate of drug-likeness (QED) is 0.728. The fourth-order valence-corrected chi connectivity index (χ4v) is 3.88. The van der Waals surface area contributed by atoms with E-state index in [9.17, 15) is 9.59 Å². The third-order valence-electron chi connectivity index (χ3n) is 4.31. The zero-order chi connectivity index (χ0) is 15.5. The first kappa shape index (κ1) is 15.4. The van der Waals surface area contributed by atoms with Gasteiger partial charge in [0.15, 0.2) is 0 Å². The number of likely N-dealkylation sites (tertiary alicyclic amines) is 1. The van der Waals surface area contributed by atoms with Crippen LogP contribution in [-0.4, -0.2) is 64.5 Å². The molecule has 3 heterocycles. The van der Waals surface area contributed by atoms with Crippen molar-refractivity contribution >= 4 is 23.6 Å². The van der Waals surface area contributed by atoms with Crippen molar-refractivity contribution in [3.8, 4) is 0 Å². The average Bonchev–Trinajstić information content (AvgIpc) is 3.01. The van der Waals surface area contributed by atoms with Crippen LogP contribution >= 0.6 is 11.8 Å². The van der Waals surface area contributed by atoms with Crippen LogP contribution in [0.2, 0.25) is 0 Å². The lowest BCUT2D eigenvalue weighted by molar-refractivity contribution is -0.152. The zero-order valence-electron chi connectivity index (χ0n) is 12.8. The van der Waals surface area contributed by atoms with Gasteiger partial charge in [-0.25, -0.2) is 0 Å². The maximum Gasteiger partial charge on any atom is 0.312 e. The maximum atomic E-state index is 12.3. The number of hydrogen-bond acceptors (Lipinski definition) is 5. The van der Waals surface area contributed by atoms with E-state index in [0.717, 1.165) is 35.8 Å². The van der Waals surface area contributed by atoms with Crippen molar-refractivity contribution in [3.05, 3.63) is 17.5 Å². The highest BCUT2D eigenvalue weighted by Gasteiger charge is 2.32. The average molecular weight is 323 g/mol. The van der Waals surface area contributed by atoms with Crippen molar-refractivity contribution < 1.29 is 14.1 Å². The van der Waals surface area contributed by atoms with Gasteiger partial charge in [-0.3, -0.25) is 9.59 Å². The number of carbonyl (C=O) groups is 2. The molecule has 0 N–H and O–H groups in total. The van der Waals surface area contributed by atoms with Gasteiger partial charge in [-0.2, -0.15) is 11.8 Å². The van der Waals surface area contributed by atoms with Crippen LogP contribution in [0.4, 0.5) is 0 Å². The summed E-state index contributed by atoms with van der Waals surface area (Å²) in [5.41, 5.74) is 0.881. The van der Waals surface area contributed by atoms with Gasteiger partial charge < -0.3 is 14.3 Å². The lowest BCUT2D eigenvalue weighted by Crippen LogP contribution is -2.49. The molecule has 0 bridgehead atoms. The zero-order valence-corrected chi connectivity index (χ0v) is 13.6. The Morgan fingerprint density at radius 2 is 1.73 bits per heavy atom. The fourth-order valence-electron chi connectivity index (χ4n) is 2.98. The van der Waals surface area contributed by atoms with Gasteiger partial charge in [-0.05, 0) is 19.8 Å². The lowest BCUT2D eigenvalue weighted by atomic mass is 9.94. The molecule has 0 saturated carbocycles. The van der Waals surface area contributed by atoms with Crippen molar-refractivity contribution in [3.63, 3.8) is 0 Å². The van der Waals surface area contributed by atoms with Gasteiger partial charge in [0.2, 0.25) is 0 Å². The van der Waals surface area contributed by atoms with Crippen molar-refractivity contribution in [1.82, 2.24) is 15.0 Å². The highest BCUT2D eigenvalue weighted by molar-refractivity contribution is 7.99. The van der Waals surface area contributed by atoms with Crippen LogP contribution in [0.1, 0.15) is 30.2 Å². The minimum Gasteiger partial charge on any atom is -0.361 e. The van der Waals surface area contributed by atoms with Crippen LogP contribution in [0.3, 0.4) is 0 Å². The third-order valence-corrected chi connectivity index (χ3v) is 5.25. The Bertz CT molecular complexity index is 546. The Morgan fingerprint density at radius 3 is 2.27 bits per heavy atom. The summed E-state index contributed by atoms with van der Waals surface area (Å²) in [7, 11) is 0. The second-order valence-electron chi connectivity index (χ2n) is 5.84. The molecule has 2 amide bonds. The van der Waals surface area contributed by atoms with Crippen LogP contribution in [0, 0.1) is 6.92 Å². The van der Waals surface area contributed by atoms with Crippen molar-refractivity contribution in [2.75, 3.05) is 37.7 Å². The molecule has 0 aliphatic carbocycles. The van der Waals surface area contributed by atoms with Gasteiger partial charge >= 0.3 is 11.8 Å². The summed E-state index contributed by atoms with van der Waals surface area (Å²) in [6, 6.07) is 1.96. The van der Waals surface area contributed by atoms with Crippen molar-refractivity contribution in [2.45, 2.75) is 25.7 Å². The Morgan fingerprint density at radius 1 is 1.14 bits per heavy atom. The summed E-state index contributed by atoms with van der Waals surface area (Å²) in [6.07, 6.45) is 1.65. The highest BCUT2D eigenvalue weighted by atomic mass is 32.2. The number of piperidine rings is 1. The van der Waals surface area contributed by atoms with E-state index in [-0.39, 0.29) is 11.8 Å². The topological polar surface area (TPSA) is 66.7 Å². The van der Waals surface area contributed by atoms with Crippen LogP contribution in [0.15, 0.2) is 10.6 Å². The Kier molecular flexibility index (Phi) is 4.71. The number of aromatic nitrogens is 1. The molecule has 0 radical (unpaired) electrons. The first-order valence-corrected chi connectivity index (χ1v) is 8.90. The summed E-state index contributed by atoms with van der Waals surface area (Å²) >= 11 is 1.83. The van der Waals surface area contributed by atoms with E-state index < -0.39 is 0 Å². The number of amides is 2. The number of aryl methyl sites for hydroxylation is 1. The second-order valence-corrected chi connectivity index (χ2v) is 7.07.